The summed E-state index contributed by atoms with van der Waals surface area (Å²) in [6.07, 6.45) is -6.51. The Bertz CT molecular complexity index is 163. The van der Waals surface area contributed by atoms with Crippen LogP contribution in [0.25, 0.3) is 0 Å². The van der Waals surface area contributed by atoms with Gasteiger partial charge in [-0.25, -0.2) is 0 Å². The topological polar surface area (TPSA) is 110 Å². The normalized spacial score (nSPS) is 46.4. The fourth-order valence-electron chi connectivity index (χ4n) is 1.30. The predicted octanol–water partition coefficient (Wildman–Crippen LogP) is -2.83. The molecule has 0 spiro atoms. The van der Waals surface area contributed by atoms with Crippen molar-refractivity contribution in [2.45, 2.75) is 37.1 Å². The van der Waals surface area contributed by atoms with Crippen molar-refractivity contribution >= 4 is 0 Å². The fraction of sp³-hybridized carbons (Fsp3) is 1.00. The van der Waals surface area contributed by atoms with Crippen molar-refractivity contribution in [1.29, 1.82) is 0 Å². The Hall–Kier alpha value is -0.240. The molecule has 5 N–H and O–H groups in total. The first-order chi connectivity index (χ1) is 6.07. The number of aliphatic hydroxyl groups excluding tert-OH is 5. The highest BCUT2D eigenvalue weighted by Crippen LogP contribution is 2.21. The maximum atomic E-state index is 9.30. The van der Waals surface area contributed by atoms with Crippen LogP contribution in [-0.4, -0.2) is 62.8 Å². The zero-order valence-corrected chi connectivity index (χ0v) is 6.95. The Labute approximate surface area is 75.0 Å². The first-order valence-corrected chi connectivity index (χ1v) is 4.06. The summed E-state index contributed by atoms with van der Waals surface area (Å²) in [4.78, 5) is 0. The lowest BCUT2D eigenvalue weighted by molar-refractivity contribution is -0.283. The molecule has 0 aromatic rings. The van der Waals surface area contributed by atoms with E-state index in [1.807, 2.05) is 0 Å². The largest absolute Gasteiger partial charge is 0.396 e. The number of rotatable bonds is 2. The molecule has 6 nitrogen and oxygen atoms in total. The second-order valence-corrected chi connectivity index (χ2v) is 3.05. The van der Waals surface area contributed by atoms with Crippen LogP contribution < -0.4 is 0 Å². The Morgan fingerprint density at radius 3 is 2.08 bits per heavy atom. The van der Waals surface area contributed by atoms with Crippen molar-refractivity contribution in [3.05, 3.63) is 0 Å². The molecule has 1 aliphatic rings. The van der Waals surface area contributed by atoms with E-state index in [2.05, 4.69) is 0 Å². The van der Waals surface area contributed by atoms with Crippen LogP contribution in [0.2, 0.25) is 0 Å². The first-order valence-electron chi connectivity index (χ1n) is 4.06. The minimum Gasteiger partial charge on any atom is -0.396 e. The average Bonchev–Trinajstić information content (AvgIpc) is 2.11. The van der Waals surface area contributed by atoms with Crippen LogP contribution in [0, 0.1) is 0 Å². The SMILES string of the molecule is OCC[C@@H]1OC(O)[C@H](O)[C@@H](O)[C@@H]1O. The number of ether oxygens (including phenoxy) is 1. The number of hydrogen-bond acceptors (Lipinski definition) is 6. The molecule has 1 fully saturated rings. The minimum atomic E-state index is -1.52. The van der Waals surface area contributed by atoms with Gasteiger partial charge in [-0.05, 0) is 6.42 Å². The molecular formula is C7H14O6. The maximum Gasteiger partial charge on any atom is 0.183 e. The van der Waals surface area contributed by atoms with Crippen molar-refractivity contribution < 1.29 is 30.3 Å². The number of aliphatic hydroxyl groups is 5. The van der Waals surface area contributed by atoms with E-state index in [1.54, 1.807) is 0 Å². The first kappa shape index (κ1) is 10.8. The van der Waals surface area contributed by atoms with Crippen LogP contribution in [0.3, 0.4) is 0 Å². The van der Waals surface area contributed by atoms with Crippen LogP contribution in [0.1, 0.15) is 6.42 Å². The van der Waals surface area contributed by atoms with Crippen molar-refractivity contribution in [3.63, 3.8) is 0 Å². The summed E-state index contributed by atoms with van der Waals surface area (Å²) in [5.74, 6) is 0. The Balaban J connectivity index is 2.59. The van der Waals surface area contributed by atoms with Crippen LogP contribution in [-0.2, 0) is 4.74 Å². The molecule has 6 heteroatoms. The molecule has 0 saturated carbocycles. The third-order valence-corrected chi connectivity index (χ3v) is 2.10. The zero-order chi connectivity index (χ0) is 10.0. The van der Waals surface area contributed by atoms with E-state index in [0.29, 0.717) is 0 Å². The van der Waals surface area contributed by atoms with Gasteiger partial charge in [0.25, 0.3) is 0 Å². The molecule has 13 heavy (non-hydrogen) atoms. The quantitative estimate of drug-likeness (QED) is 0.324. The van der Waals surface area contributed by atoms with Gasteiger partial charge in [0.2, 0.25) is 0 Å². The molecule has 0 aromatic carbocycles. The van der Waals surface area contributed by atoms with E-state index in [1.165, 1.54) is 0 Å². The number of hydrogen-bond donors (Lipinski definition) is 5. The van der Waals surface area contributed by atoms with Crippen LogP contribution >= 0.6 is 0 Å². The minimum absolute atomic E-state index is 0.0992. The molecule has 1 rings (SSSR count). The van der Waals surface area contributed by atoms with E-state index in [9.17, 15) is 10.2 Å². The Kier molecular flexibility index (Phi) is 3.60. The fourth-order valence-corrected chi connectivity index (χ4v) is 1.30. The van der Waals surface area contributed by atoms with Crippen LogP contribution in [0.4, 0.5) is 0 Å². The van der Waals surface area contributed by atoms with E-state index in [4.69, 9.17) is 20.1 Å². The second kappa shape index (κ2) is 4.32. The smallest absolute Gasteiger partial charge is 0.183 e. The van der Waals surface area contributed by atoms with Gasteiger partial charge in [0.05, 0.1) is 6.10 Å². The average molecular weight is 194 g/mol. The Morgan fingerprint density at radius 1 is 0.923 bits per heavy atom. The zero-order valence-electron chi connectivity index (χ0n) is 6.95. The van der Waals surface area contributed by atoms with Gasteiger partial charge in [-0.3, -0.25) is 0 Å². The standard InChI is InChI=1S/C7H14O6/c8-2-1-3-4(9)5(10)6(11)7(12)13-3/h3-12H,1-2H2/t3-,4+,5-,6+,7?/m0/s1. The molecule has 0 aromatic heterocycles. The lowest BCUT2D eigenvalue weighted by atomic mass is 9.97. The highest BCUT2D eigenvalue weighted by Gasteiger charge is 2.42. The van der Waals surface area contributed by atoms with E-state index < -0.39 is 30.7 Å². The van der Waals surface area contributed by atoms with Crippen molar-refractivity contribution in [2.24, 2.45) is 0 Å². The molecular weight excluding hydrogens is 180 g/mol. The third kappa shape index (κ3) is 2.16. The Morgan fingerprint density at radius 2 is 1.54 bits per heavy atom. The van der Waals surface area contributed by atoms with E-state index in [-0.39, 0.29) is 13.0 Å². The van der Waals surface area contributed by atoms with Gasteiger partial charge in [0.15, 0.2) is 6.29 Å². The van der Waals surface area contributed by atoms with Gasteiger partial charge in [0, 0.05) is 6.61 Å². The molecule has 1 aliphatic heterocycles. The lowest BCUT2D eigenvalue weighted by Crippen LogP contribution is -2.57. The maximum absolute atomic E-state index is 9.30. The molecule has 0 bridgehead atoms. The summed E-state index contributed by atoms with van der Waals surface area (Å²) < 4.78 is 4.76. The predicted molar refractivity (Wildman–Crippen MR) is 40.6 cm³/mol. The monoisotopic (exact) mass is 194 g/mol. The van der Waals surface area contributed by atoms with Gasteiger partial charge < -0.3 is 30.3 Å². The molecule has 0 amide bonds. The highest BCUT2D eigenvalue weighted by atomic mass is 16.6. The molecule has 5 atom stereocenters. The third-order valence-electron chi connectivity index (χ3n) is 2.10. The summed E-state index contributed by atoms with van der Waals surface area (Å²) in [5.41, 5.74) is 0. The molecule has 0 radical (unpaired) electrons. The second-order valence-electron chi connectivity index (χ2n) is 3.05. The van der Waals surface area contributed by atoms with Crippen LogP contribution in [0.15, 0.2) is 0 Å². The summed E-state index contributed by atoms with van der Waals surface area (Å²) in [7, 11) is 0. The summed E-state index contributed by atoms with van der Waals surface area (Å²) >= 11 is 0. The molecule has 1 saturated heterocycles. The molecule has 0 aliphatic carbocycles. The summed E-state index contributed by atoms with van der Waals surface area (Å²) in [6, 6.07) is 0. The molecule has 1 unspecified atom stereocenters. The van der Waals surface area contributed by atoms with Gasteiger partial charge in [-0.15, -0.1) is 0 Å². The van der Waals surface area contributed by atoms with Crippen molar-refractivity contribution in [3.8, 4) is 0 Å². The van der Waals surface area contributed by atoms with E-state index in [0.717, 1.165) is 0 Å². The highest BCUT2D eigenvalue weighted by molar-refractivity contribution is 4.88. The van der Waals surface area contributed by atoms with Gasteiger partial charge in [-0.1, -0.05) is 0 Å². The van der Waals surface area contributed by atoms with Gasteiger partial charge in [-0.2, -0.15) is 0 Å². The van der Waals surface area contributed by atoms with Crippen molar-refractivity contribution in [1.82, 2.24) is 0 Å². The van der Waals surface area contributed by atoms with Crippen LogP contribution in [0.5, 0.6) is 0 Å². The van der Waals surface area contributed by atoms with Gasteiger partial charge >= 0.3 is 0 Å². The lowest BCUT2D eigenvalue weighted by Gasteiger charge is -2.38. The molecule has 1 heterocycles. The summed E-state index contributed by atoms with van der Waals surface area (Å²) in [5, 5.41) is 45.1. The summed E-state index contributed by atoms with van der Waals surface area (Å²) in [6.45, 7) is -0.225. The van der Waals surface area contributed by atoms with Crippen molar-refractivity contribution in [2.75, 3.05) is 6.61 Å². The van der Waals surface area contributed by atoms with E-state index >= 15 is 0 Å². The molecule has 78 valence electrons. The van der Waals surface area contributed by atoms with Gasteiger partial charge in [0.1, 0.15) is 18.3 Å².